The summed E-state index contributed by atoms with van der Waals surface area (Å²) in [6, 6.07) is 14.5. The van der Waals surface area contributed by atoms with Gasteiger partial charge in [-0.2, -0.15) is 0 Å². The summed E-state index contributed by atoms with van der Waals surface area (Å²) < 4.78 is 31.1. The summed E-state index contributed by atoms with van der Waals surface area (Å²) in [5.74, 6) is 1.49. The topological polar surface area (TPSA) is 91.8 Å². The number of aliphatic imine (C=N–C) groups is 1. The molecule has 0 aliphatic carbocycles. The third-order valence-corrected chi connectivity index (χ3v) is 5.29. The fraction of sp³-hybridized carbons (Fsp3) is 0.316. The van der Waals surface area contributed by atoms with Gasteiger partial charge in [0.2, 0.25) is 10.0 Å². The molecule has 7 nitrogen and oxygen atoms in total. The second-order valence-electron chi connectivity index (χ2n) is 5.75. The van der Waals surface area contributed by atoms with E-state index in [2.05, 4.69) is 20.3 Å². The summed E-state index contributed by atoms with van der Waals surface area (Å²) in [6.45, 7) is 3.79. The number of guanidine groups is 1. The van der Waals surface area contributed by atoms with Gasteiger partial charge >= 0.3 is 0 Å². The average Bonchev–Trinajstić information content (AvgIpc) is 2.70. The molecule has 0 aliphatic rings. The van der Waals surface area contributed by atoms with Crippen LogP contribution in [0.25, 0.3) is 0 Å². The Kier molecular flexibility index (Phi) is 7.63. The Morgan fingerprint density at radius 2 is 1.81 bits per heavy atom. The van der Waals surface area contributed by atoms with Gasteiger partial charge in [0.1, 0.15) is 5.75 Å². The Hall–Kier alpha value is -2.58. The summed E-state index contributed by atoms with van der Waals surface area (Å²) in [4.78, 5) is 4.82. The van der Waals surface area contributed by atoms with Crippen molar-refractivity contribution in [2.75, 3.05) is 20.7 Å². The van der Waals surface area contributed by atoms with E-state index in [-0.39, 0.29) is 4.90 Å². The fourth-order valence-corrected chi connectivity index (χ4v) is 3.10. The molecule has 0 saturated carbocycles. The van der Waals surface area contributed by atoms with E-state index < -0.39 is 10.0 Å². The van der Waals surface area contributed by atoms with Crippen molar-refractivity contribution < 1.29 is 13.2 Å². The average molecular weight is 391 g/mol. The van der Waals surface area contributed by atoms with Gasteiger partial charge in [-0.1, -0.05) is 24.3 Å². The minimum absolute atomic E-state index is 0.243. The van der Waals surface area contributed by atoms with Crippen molar-refractivity contribution >= 4 is 16.0 Å². The highest BCUT2D eigenvalue weighted by atomic mass is 32.2. The third kappa shape index (κ3) is 6.26. The minimum Gasteiger partial charge on any atom is -0.497 e. The number of ether oxygens (including phenoxy) is 1. The molecule has 0 atom stereocenters. The summed E-state index contributed by atoms with van der Waals surface area (Å²) in [5.41, 5.74) is 2.00. The lowest BCUT2D eigenvalue weighted by molar-refractivity contribution is 0.414. The van der Waals surface area contributed by atoms with Gasteiger partial charge in [0, 0.05) is 13.1 Å². The van der Waals surface area contributed by atoms with Gasteiger partial charge in [0.05, 0.1) is 18.6 Å². The van der Waals surface area contributed by atoms with Crippen LogP contribution in [-0.2, 0) is 23.1 Å². The highest BCUT2D eigenvalue weighted by Crippen LogP contribution is 2.13. The molecule has 0 saturated heterocycles. The van der Waals surface area contributed by atoms with Crippen molar-refractivity contribution in [3.05, 3.63) is 59.7 Å². The number of rotatable bonds is 8. The SMILES string of the molecule is CCNC(=NCc1cccc(OC)c1)NCc1ccc(S(=O)(=O)NC)cc1. The predicted molar refractivity (Wildman–Crippen MR) is 107 cm³/mol. The predicted octanol–water partition coefficient (Wildman–Crippen LogP) is 1.86. The number of benzene rings is 2. The first-order valence-electron chi connectivity index (χ1n) is 8.66. The highest BCUT2D eigenvalue weighted by Gasteiger charge is 2.10. The molecule has 3 N–H and O–H groups in total. The second kappa shape index (κ2) is 9.94. The first-order valence-corrected chi connectivity index (χ1v) is 10.1. The number of nitrogens with zero attached hydrogens (tertiary/aromatic N) is 1. The van der Waals surface area contributed by atoms with Gasteiger partial charge in [-0.05, 0) is 49.4 Å². The first kappa shape index (κ1) is 20.7. The van der Waals surface area contributed by atoms with E-state index in [1.54, 1.807) is 31.4 Å². The molecular formula is C19H26N4O3S. The van der Waals surface area contributed by atoms with E-state index in [0.717, 1.165) is 23.4 Å². The lowest BCUT2D eigenvalue weighted by Crippen LogP contribution is -2.36. The Morgan fingerprint density at radius 3 is 2.44 bits per heavy atom. The van der Waals surface area contributed by atoms with Crippen LogP contribution in [0.2, 0.25) is 0 Å². The van der Waals surface area contributed by atoms with Crippen molar-refractivity contribution in [3.63, 3.8) is 0 Å². The maximum Gasteiger partial charge on any atom is 0.240 e. The molecule has 8 heteroatoms. The largest absolute Gasteiger partial charge is 0.497 e. The standard InChI is InChI=1S/C19H26N4O3S/c1-4-21-19(23-14-16-6-5-7-17(12-16)26-3)22-13-15-8-10-18(11-9-15)27(24,25)20-2/h5-12,20H,4,13-14H2,1-3H3,(H2,21,22,23). The van der Waals surface area contributed by atoms with Crippen LogP contribution in [0.1, 0.15) is 18.1 Å². The molecule has 27 heavy (non-hydrogen) atoms. The molecule has 0 spiro atoms. The van der Waals surface area contributed by atoms with E-state index >= 15 is 0 Å². The Morgan fingerprint density at radius 1 is 1.07 bits per heavy atom. The number of sulfonamides is 1. The molecule has 2 aromatic rings. The molecule has 0 aromatic heterocycles. The monoisotopic (exact) mass is 390 g/mol. The zero-order valence-corrected chi connectivity index (χ0v) is 16.6. The molecule has 0 heterocycles. The zero-order chi connectivity index (χ0) is 19.7. The second-order valence-corrected chi connectivity index (χ2v) is 7.64. The molecule has 0 bridgehead atoms. The normalized spacial score (nSPS) is 11.9. The van der Waals surface area contributed by atoms with Crippen LogP contribution >= 0.6 is 0 Å². The molecule has 2 aromatic carbocycles. The Labute approximate surface area is 160 Å². The van der Waals surface area contributed by atoms with Crippen molar-refractivity contribution in [2.45, 2.75) is 24.9 Å². The maximum atomic E-state index is 11.8. The number of hydrogen-bond donors (Lipinski definition) is 3. The van der Waals surface area contributed by atoms with Crippen LogP contribution in [-0.4, -0.2) is 35.1 Å². The van der Waals surface area contributed by atoms with E-state index in [4.69, 9.17) is 4.74 Å². The van der Waals surface area contributed by atoms with Gasteiger partial charge < -0.3 is 15.4 Å². The maximum absolute atomic E-state index is 11.8. The van der Waals surface area contributed by atoms with Crippen LogP contribution in [0.15, 0.2) is 58.4 Å². The van der Waals surface area contributed by atoms with Crippen LogP contribution in [0.5, 0.6) is 5.75 Å². The van der Waals surface area contributed by atoms with Crippen molar-refractivity contribution in [1.29, 1.82) is 0 Å². The quantitative estimate of drug-likeness (QED) is 0.473. The van der Waals surface area contributed by atoms with Crippen LogP contribution in [0, 0.1) is 0 Å². The summed E-state index contributed by atoms with van der Waals surface area (Å²) in [7, 11) is -0.382. The summed E-state index contributed by atoms with van der Waals surface area (Å²) in [6.07, 6.45) is 0. The fourth-order valence-electron chi connectivity index (χ4n) is 2.37. The molecule has 0 aliphatic heterocycles. The summed E-state index contributed by atoms with van der Waals surface area (Å²) in [5, 5.41) is 6.45. The molecule has 146 valence electrons. The van der Waals surface area contributed by atoms with Gasteiger partial charge in [-0.3, -0.25) is 0 Å². The first-order chi connectivity index (χ1) is 13.0. The van der Waals surface area contributed by atoms with Crippen LogP contribution in [0.4, 0.5) is 0 Å². The molecule has 0 radical (unpaired) electrons. The molecular weight excluding hydrogens is 364 g/mol. The number of hydrogen-bond acceptors (Lipinski definition) is 4. The van der Waals surface area contributed by atoms with Gasteiger partial charge in [-0.25, -0.2) is 18.1 Å². The molecule has 0 amide bonds. The van der Waals surface area contributed by atoms with Gasteiger partial charge in [0.15, 0.2) is 5.96 Å². The third-order valence-electron chi connectivity index (χ3n) is 3.86. The summed E-state index contributed by atoms with van der Waals surface area (Å²) >= 11 is 0. The Bertz CT molecular complexity index is 865. The smallest absolute Gasteiger partial charge is 0.240 e. The van der Waals surface area contributed by atoms with E-state index in [9.17, 15) is 8.42 Å². The van der Waals surface area contributed by atoms with Gasteiger partial charge in [0.25, 0.3) is 0 Å². The molecule has 2 rings (SSSR count). The van der Waals surface area contributed by atoms with Crippen LogP contribution < -0.4 is 20.1 Å². The van der Waals surface area contributed by atoms with Crippen molar-refractivity contribution in [2.24, 2.45) is 4.99 Å². The van der Waals surface area contributed by atoms with E-state index in [0.29, 0.717) is 19.0 Å². The number of methoxy groups -OCH3 is 1. The number of nitrogens with one attached hydrogen (secondary N) is 3. The lowest BCUT2D eigenvalue weighted by atomic mass is 10.2. The van der Waals surface area contributed by atoms with E-state index in [1.165, 1.54) is 7.05 Å². The lowest BCUT2D eigenvalue weighted by Gasteiger charge is -2.12. The minimum atomic E-state index is -3.42. The van der Waals surface area contributed by atoms with Crippen molar-refractivity contribution in [1.82, 2.24) is 15.4 Å². The van der Waals surface area contributed by atoms with E-state index in [1.807, 2.05) is 31.2 Å². The molecule has 0 fully saturated rings. The molecule has 0 unspecified atom stereocenters. The zero-order valence-electron chi connectivity index (χ0n) is 15.8. The Balaban J connectivity index is 2.01. The van der Waals surface area contributed by atoms with Crippen molar-refractivity contribution in [3.8, 4) is 5.75 Å². The van der Waals surface area contributed by atoms with Crippen LogP contribution in [0.3, 0.4) is 0 Å². The highest BCUT2D eigenvalue weighted by molar-refractivity contribution is 7.89. The van der Waals surface area contributed by atoms with Gasteiger partial charge in [-0.15, -0.1) is 0 Å².